The lowest BCUT2D eigenvalue weighted by molar-refractivity contribution is -0.121. The molecule has 0 spiro atoms. The van der Waals surface area contributed by atoms with Gasteiger partial charge >= 0.3 is 0 Å². The average Bonchev–Trinajstić information content (AvgIpc) is 3.06. The molecule has 1 aromatic carbocycles. The molecule has 0 aromatic heterocycles. The first kappa shape index (κ1) is 24.0. The molecule has 0 bridgehead atoms. The highest BCUT2D eigenvalue weighted by molar-refractivity contribution is 5.85. The van der Waals surface area contributed by atoms with Crippen molar-refractivity contribution < 1.29 is 9.53 Å². The van der Waals surface area contributed by atoms with Crippen molar-refractivity contribution in [3.8, 4) is 5.75 Å². The van der Waals surface area contributed by atoms with Crippen molar-refractivity contribution in [1.29, 1.82) is 0 Å². The van der Waals surface area contributed by atoms with Gasteiger partial charge in [0.1, 0.15) is 5.75 Å². The highest BCUT2D eigenvalue weighted by Crippen LogP contribution is 2.22. The zero-order valence-electron chi connectivity index (χ0n) is 15.3. The van der Waals surface area contributed by atoms with E-state index in [2.05, 4.69) is 21.6 Å². The molecule has 2 rings (SSSR count). The molecule has 1 amide bonds. The van der Waals surface area contributed by atoms with Gasteiger partial charge in [-0.1, -0.05) is 12.1 Å². The molecule has 1 fully saturated rings. The number of benzene rings is 1. The molecule has 1 aromatic rings. The zero-order valence-corrected chi connectivity index (χ0v) is 16.9. The van der Waals surface area contributed by atoms with Crippen LogP contribution in [0.4, 0.5) is 0 Å². The fraction of sp³-hybridized carbons (Fsp3) is 0.611. The molecule has 1 aliphatic rings. The Morgan fingerprint density at radius 3 is 2.76 bits per heavy atom. The number of likely N-dealkylation sites (N-methyl/N-ethyl adjacent to an activating group) is 1. The van der Waals surface area contributed by atoms with Gasteiger partial charge in [-0.3, -0.25) is 4.79 Å². The molecule has 2 unspecified atom stereocenters. The number of hydrogen-bond acceptors (Lipinski definition) is 4. The second-order valence-corrected chi connectivity index (χ2v) is 6.46. The summed E-state index contributed by atoms with van der Waals surface area (Å²) in [6, 6.07) is 8.16. The Kier molecular flexibility index (Phi) is 11.9. The molecule has 2 N–H and O–H groups in total. The number of halogens is 2. The standard InChI is InChI=1S/C18H29N3O2.2ClH/c1-21(2)17(15-5-4-6-16(11-15)23-3)13-20-18(22)8-7-14-9-10-19-12-14;;/h4-6,11,14,17,19H,7-10,12-13H2,1-3H3,(H,20,22);2*1H. The number of hydrogen-bond donors (Lipinski definition) is 2. The lowest BCUT2D eigenvalue weighted by atomic mass is 10.0. The van der Waals surface area contributed by atoms with Crippen LogP contribution in [0.1, 0.15) is 30.9 Å². The summed E-state index contributed by atoms with van der Waals surface area (Å²) < 4.78 is 5.29. The van der Waals surface area contributed by atoms with E-state index >= 15 is 0 Å². The van der Waals surface area contributed by atoms with Crippen LogP contribution in [-0.4, -0.2) is 51.6 Å². The monoisotopic (exact) mass is 391 g/mol. The molecule has 2 atom stereocenters. The van der Waals surface area contributed by atoms with Gasteiger partial charge in [0.05, 0.1) is 13.2 Å². The minimum atomic E-state index is 0. The summed E-state index contributed by atoms with van der Waals surface area (Å²) in [6.07, 6.45) is 2.78. The summed E-state index contributed by atoms with van der Waals surface area (Å²) in [5, 5.41) is 6.43. The Bertz CT molecular complexity index is 509. The van der Waals surface area contributed by atoms with Crippen LogP contribution >= 0.6 is 24.8 Å². The topological polar surface area (TPSA) is 53.6 Å². The number of rotatable bonds is 8. The summed E-state index contributed by atoms with van der Waals surface area (Å²) in [5.74, 6) is 1.64. The van der Waals surface area contributed by atoms with Gasteiger partial charge in [0.15, 0.2) is 0 Å². The molecular formula is C18H31Cl2N3O2. The van der Waals surface area contributed by atoms with E-state index in [1.807, 2.05) is 32.3 Å². The van der Waals surface area contributed by atoms with Crippen molar-refractivity contribution in [2.24, 2.45) is 5.92 Å². The second-order valence-electron chi connectivity index (χ2n) is 6.46. The maximum absolute atomic E-state index is 12.1. The predicted molar refractivity (Wildman–Crippen MR) is 107 cm³/mol. The zero-order chi connectivity index (χ0) is 16.7. The lowest BCUT2D eigenvalue weighted by Crippen LogP contribution is -2.34. The Morgan fingerprint density at radius 1 is 1.40 bits per heavy atom. The normalized spacial score (nSPS) is 17.4. The number of nitrogens with zero attached hydrogens (tertiary/aromatic N) is 1. The van der Waals surface area contributed by atoms with Gasteiger partial charge in [-0.15, -0.1) is 24.8 Å². The molecule has 5 nitrogen and oxygen atoms in total. The van der Waals surface area contributed by atoms with Gasteiger partial charge in [-0.05, 0) is 63.6 Å². The van der Waals surface area contributed by atoms with E-state index in [0.29, 0.717) is 18.9 Å². The van der Waals surface area contributed by atoms with Crippen molar-refractivity contribution >= 4 is 30.7 Å². The first-order valence-electron chi connectivity index (χ1n) is 8.38. The van der Waals surface area contributed by atoms with E-state index in [-0.39, 0.29) is 36.8 Å². The molecule has 1 saturated heterocycles. The van der Waals surface area contributed by atoms with Crippen LogP contribution in [0, 0.1) is 5.92 Å². The van der Waals surface area contributed by atoms with Crippen molar-refractivity contribution in [3.05, 3.63) is 29.8 Å². The van der Waals surface area contributed by atoms with Crippen LogP contribution in [-0.2, 0) is 4.79 Å². The molecule has 25 heavy (non-hydrogen) atoms. The largest absolute Gasteiger partial charge is 0.497 e. The van der Waals surface area contributed by atoms with Crippen LogP contribution < -0.4 is 15.4 Å². The smallest absolute Gasteiger partial charge is 0.220 e. The number of nitrogens with one attached hydrogen (secondary N) is 2. The van der Waals surface area contributed by atoms with E-state index < -0.39 is 0 Å². The Balaban J connectivity index is 0.00000288. The molecule has 1 heterocycles. The third kappa shape index (κ3) is 7.82. The Labute approximate surface area is 163 Å². The minimum Gasteiger partial charge on any atom is -0.497 e. The number of carbonyl (C=O) groups is 1. The van der Waals surface area contributed by atoms with Crippen molar-refractivity contribution in [2.75, 3.05) is 40.8 Å². The Morgan fingerprint density at radius 2 is 2.16 bits per heavy atom. The molecule has 144 valence electrons. The van der Waals surface area contributed by atoms with E-state index in [0.717, 1.165) is 30.8 Å². The molecular weight excluding hydrogens is 361 g/mol. The van der Waals surface area contributed by atoms with Gasteiger partial charge in [-0.25, -0.2) is 0 Å². The van der Waals surface area contributed by atoms with Crippen LogP contribution in [0.3, 0.4) is 0 Å². The summed E-state index contributed by atoms with van der Waals surface area (Å²) in [6.45, 7) is 2.75. The van der Waals surface area contributed by atoms with Gasteiger partial charge in [0.2, 0.25) is 5.91 Å². The quantitative estimate of drug-likeness (QED) is 0.714. The van der Waals surface area contributed by atoms with Crippen molar-refractivity contribution in [2.45, 2.75) is 25.3 Å². The first-order chi connectivity index (χ1) is 11.1. The van der Waals surface area contributed by atoms with Crippen molar-refractivity contribution in [1.82, 2.24) is 15.5 Å². The van der Waals surface area contributed by atoms with Crippen LogP contribution in [0.25, 0.3) is 0 Å². The van der Waals surface area contributed by atoms with Gasteiger partial charge < -0.3 is 20.3 Å². The number of amides is 1. The van der Waals surface area contributed by atoms with E-state index in [9.17, 15) is 4.79 Å². The summed E-state index contributed by atoms with van der Waals surface area (Å²) in [7, 11) is 5.73. The maximum Gasteiger partial charge on any atom is 0.220 e. The predicted octanol–water partition coefficient (Wildman–Crippen LogP) is 2.65. The molecule has 0 saturated carbocycles. The average molecular weight is 392 g/mol. The van der Waals surface area contributed by atoms with Crippen LogP contribution in [0.2, 0.25) is 0 Å². The Hall–Kier alpha value is -1.01. The highest BCUT2D eigenvalue weighted by Gasteiger charge is 2.18. The second kappa shape index (κ2) is 12.4. The molecule has 0 aliphatic carbocycles. The number of methoxy groups -OCH3 is 1. The summed E-state index contributed by atoms with van der Waals surface area (Å²) in [5.41, 5.74) is 1.15. The summed E-state index contributed by atoms with van der Waals surface area (Å²) >= 11 is 0. The van der Waals surface area contributed by atoms with Crippen LogP contribution in [0.5, 0.6) is 5.75 Å². The van der Waals surface area contributed by atoms with Gasteiger partial charge in [0.25, 0.3) is 0 Å². The lowest BCUT2D eigenvalue weighted by Gasteiger charge is -2.25. The third-order valence-corrected chi connectivity index (χ3v) is 4.54. The van der Waals surface area contributed by atoms with E-state index in [1.165, 1.54) is 6.42 Å². The van der Waals surface area contributed by atoms with E-state index in [1.54, 1.807) is 7.11 Å². The highest BCUT2D eigenvalue weighted by atomic mass is 35.5. The number of ether oxygens (including phenoxy) is 1. The fourth-order valence-electron chi connectivity index (χ4n) is 3.04. The van der Waals surface area contributed by atoms with Crippen LogP contribution in [0.15, 0.2) is 24.3 Å². The molecule has 1 aliphatic heterocycles. The summed E-state index contributed by atoms with van der Waals surface area (Å²) in [4.78, 5) is 14.2. The van der Waals surface area contributed by atoms with Gasteiger partial charge in [0, 0.05) is 13.0 Å². The third-order valence-electron chi connectivity index (χ3n) is 4.54. The van der Waals surface area contributed by atoms with Gasteiger partial charge in [-0.2, -0.15) is 0 Å². The van der Waals surface area contributed by atoms with E-state index in [4.69, 9.17) is 4.74 Å². The number of carbonyl (C=O) groups excluding carboxylic acids is 1. The minimum absolute atomic E-state index is 0. The molecule has 7 heteroatoms. The fourth-order valence-corrected chi connectivity index (χ4v) is 3.04. The SMILES string of the molecule is COc1cccc(C(CNC(=O)CCC2CCNC2)N(C)C)c1.Cl.Cl. The first-order valence-corrected chi connectivity index (χ1v) is 8.38. The maximum atomic E-state index is 12.1. The molecule has 0 radical (unpaired) electrons. The van der Waals surface area contributed by atoms with Crippen molar-refractivity contribution in [3.63, 3.8) is 0 Å².